The molecule has 1 aromatic heterocycles. The first-order valence-corrected chi connectivity index (χ1v) is 6.70. The minimum Gasteiger partial charge on any atom is -0.472 e. The van der Waals surface area contributed by atoms with E-state index in [4.69, 9.17) is 10.2 Å². The Labute approximate surface area is 116 Å². The number of rotatable bonds is 5. The Morgan fingerprint density at radius 3 is 2.83 bits per heavy atom. The quantitative estimate of drug-likeness (QED) is 0.922. The van der Waals surface area contributed by atoms with E-state index in [2.05, 4.69) is 46.1 Å². The number of hydrogen-bond donors (Lipinski definition) is 1. The number of hydrogen-bond acceptors (Lipinski definition) is 3. The van der Waals surface area contributed by atoms with Crippen molar-refractivity contribution in [2.45, 2.75) is 13.0 Å². The topological polar surface area (TPSA) is 42.4 Å². The normalized spacial score (nSPS) is 10.6. The van der Waals surface area contributed by atoms with Gasteiger partial charge in [-0.15, -0.1) is 0 Å². The van der Waals surface area contributed by atoms with Crippen molar-refractivity contribution in [1.82, 2.24) is 0 Å². The van der Waals surface area contributed by atoms with Crippen LogP contribution in [0.1, 0.15) is 11.1 Å². The van der Waals surface area contributed by atoms with Gasteiger partial charge in [0, 0.05) is 29.3 Å². The fraction of sp³-hybridized carbons (Fsp3) is 0.286. The zero-order valence-corrected chi connectivity index (χ0v) is 12.0. The van der Waals surface area contributed by atoms with Gasteiger partial charge in [0.25, 0.3) is 0 Å². The molecular weight excluding hydrogens is 292 g/mol. The van der Waals surface area contributed by atoms with Crippen molar-refractivity contribution in [3.8, 4) is 0 Å². The number of anilines is 1. The molecule has 0 spiro atoms. The van der Waals surface area contributed by atoms with Gasteiger partial charge in [-0.05, 0) is 36.7 Å². The number of halogens is 1. The highest BCUT2D eigenvalue weighted by Crippen LogP contribution is 2.26. The molecule has 1 heterocycles. The highest BCUT2D eigenvalue weighted by molar-refractivity contribution is 9.10. The van der Waals surface area contributed by atoms with Crippen molar-refractivity contribution in [2.24, 2.45) is 5.73 Å². The zero-order valence-electron chi connectivity index (χ0n) is 10.4. The summed E-state index contributed by atoms with van der Waals surface area (Å²) in [7, 11) is 2.08. The van der Waals surface area contributed by atoms with Crippen molar-refractivity contribution in [2.75, 3.05) is 18.5 Å². The predicted octanol–water partition coefficient (Wildman–Crippen LogP) is 3.18. The maximum atomic E-state index is 5.66. The number of furan rings is 1. The monoisotopic (exact) mass is 308 g/mol. The van der Waals surface area contributed by atoms with Gasteiger partial charge in [0.1, 0.15) is 0 Å². The van der Waals surface area contributed by atoms with Crippen LogP contribution < -0.4 is 10.6 Å². The number of benzene rings is 1. The molecule has 3 nitrogen and oxygen atoms in total. The minimum atomic E-state index is 0.661. The third kappa shape index (κ3) is 3.15. The molecule has 0 aliphatic heterocycles. The average molecular weight is 309 g/mol. The SMILES string of the molecule is CN(Cc1ccoc1)c1cc(Br)ccc1CCN. The van der Waals surface area contributed by atoms with Crippen molar-refractivity contribution >= 4 is 21.6 Å². The van der Waals surface area contributed by atoms with E-state index in [0.717, 1.165) is 23.0 Å². The van der Waals surface area contributed by atoms with E-state index >= 15 is 0 Å². The van der Waals surface area contributed by atoms with Gasteiger partial charge in [0.2, 0.25) is 0 Å². The Hall–Kier alpha value is -1.26. The fourth-order valence-corrected chi connectivity index (χ4v) is 2.35. The molecule has 2 rings (SSSR count). The van der Waals surface area contributed by atoms with Crippen LogP contribution in [0.3, 0.4) is 0 Å². The molecule has 0 fully saturated rings. The fourth-order valence-electron chi connectivity index (χ4n) is 2.00. The molecule has 2 N–H and O–H groups in total. The van der Waals surface area contributed by atoms with Crippen LogP contribution in [-0.4, -0.2) is 13.6 Å². The van der Waals surface area contributed by atoms with Crippen LogP contribution in [0.4, 0.5) is 5.69 Å². The van der Waals surface area contributed by atoms with Crippen LogP contribution in [0.25, 0.3) is 0 Å². The molecule has 1 aromatic carbocycles. The second kappa shape index (κ2) is 6.07. The molecule has 18 heavy (non-hydrogen) atoms. The number of nitrogens with zero attached hydrogens (tertiary/aromatic N) is 1. The van der Waals surface area contributed by atoms with Gasteiger partial charge in [-0.1, -0.05) is 22.0 Å². The molecule has 2 aromatic rings. The Balaban J connectivity index is 2.22. The highest BCUT2D eigenvalue weighted by Gasteiger charge is 2.09. The summed E-state index contributed by atoms with van der Waals surface area (Å²) in [5.74, 6) is 0. The summed E-state index contributed by atoms with van der Waals surface area (Å²) in [6, 6.07) is 8.29. The lowest BCUT2D eigenvalue weighted by Crippen LogP contribution is -2.18. The molecule has 4 heteroatoms. The first-order chi connectivity index (χ1) is 8.70. The first-order valence-electron chi connectivity index (χ1n) is 5.91. The summed E-state index contributed by atoms with van der Waals surface area (Å²) in [5.41, 5.74) is 9.30. The van der Waals surface area contributed by atoms with Gasteiger partial charge in [-0.2, -0.15) is 0 Å². The van der Waals surface area contributed by atoms with E-state index in [0.29, 0.717) is 6.54 Å². The van der Waals surface area contributed by atoms with Crippen molar-refractivity contribution < 1.29 is 4.42 Å². The van der Waals surface area contributed by atoms with E-state index in [-0.39, 0.29) is 0 Å². The van der Waals surface area contributed by atoms with Gasteiger partial charge >= 0.3 is 0 Å². The van der Waals surface area contributed by atoms with Crippen LogP contribution in [0.2, 0.25) is 0 Å². The molecule has 0 saturated carbocycles. The van der Waals surface area contributed by atoms with E-state index in [9.17, 15) is 0 Å². The number of nitrogens with two attached hydrogens (primary N) is 1. The zero-order chi connectivity index (χ0) is 13.0. The molecule has 0 atom stereocenters. The standard InChI is InChI=1S/C14H17BrN2O/c1-17(9-11-5-7-18-10-11)14-8-13(15)3-2-12(14)4-6-16/h2-3,5,7-8,10H,4,6,9,16H2,1H3. The van der Waals surface area contributed by atoms with Gasteiger partial charge < -0.3 is 15.1 Å². The first kappa shape index (κ1) is 13.2. The van der Waals surface area contributed by atoms with E-state index < -0.39 is 0 Å². The van der Waals surface area contributed by atoms with Crippen molar-refractivity contribution in [1.29, 1.82) is 0 Å². The molecule has 0 radical (unpaired) electrons. The van der Waals surface area contributed by atoms with Gasteiger partial charge in [-0.25, -0.2) is 0 Å². The van der Waals surface area contributed by atoms with Gasteiger partial charge in [-0.3, -0.25) is 0 Å². The lowest BCUT2D eigenvalue weighted by Gasteiger charge is -2.22. The minimum absolute atomic E-state index is 0.661. The van der Waals surface area contributed by atoms with Crippen LogP contribution in [0, 0.1) is 0 Å². The predicted molar refractivity (Wildman–Crippen MR) is 77.7 cm³/mol. The van der Waals surface area contributed by atoms with Gasteiger partial charge in [0.05, 0.1) is 12.5 Å². The van der Waals surface area contributed by atoms with Crippen molar-refractivity contribution in [3.63, 3.8) is 0 Å². The lowest BCUT2D eigenvalue weighted by atomic mass is 10.1. The molecular formula is C14H17BrN2O. The summed E-state index contributed by atoms with van der Waals surface area (Å²) >= 11 is 3.52. The second-order valence-electron chi connectivity index (χ2n) is 4.30. The van der Waals surface area contributed by atoms with Crippen LogP contribution in [0.15, 0.2) is 45.7 Å². The van der Waals surface area contributed by atoms with E-state index in [1.165, 1.54) is 11.3 Å². The summed E-state index contributed by atoms with van der Waals surface area (Å²) in [4.78, 5) is 2.21. The summed E-state index contributed by atoms with van der Waals surface area (Å²) in [6.45, 7) is 1.48. The summed E-state index contributed by atoms with van der Waals surface area (Å²) in [6.07, 6.45) is 4.36. The molecule has 0 amide bonds. The smallest absolute Gasteiger partial charge is 0.0952 e. The summed E-state index contributed by atoms with van der Waals surface area (Å²) < 4.78 is 6.18. The Bertz CT molecular complexity index is 497. The lowest BCUT2D eigenvalue weighted by molar-refractivity contribution is 0.563. The summed E-state index contributed by atoms with van der Waals surface area (Å²) in [5, 5.41) is 0. The third-order valence-electron chi connectivity index (χ3n) is 2.87. The Kier molecular flexibility index (Phi) is 4.44. The van der Waals surface area contributed by atoms with Gasteiger partial charge in [0.15, 0.2) is 0 Å². The highest BCUT2D eigenvalue weighted by atomic mass is 79.9. The van der Waals surface area contributed by atoms with Crippen LogP contribution >= 0.6 is 15.9 Å². The maximum absolute atomic E-state index is 5.66. The molecule has 0 bridgehead atoms. The second-order valence-corrected chi connectivity index (χ2v) is 5.22. The van der Waals surface area contributed by atoms with E-state index in [1.54, 1.807) is 12.5 Å². The van der Waals surface area contributed by atoms with Crippen LogP contribution in [0.5, 0.6) is 0 Å². The molecule has 0 unspecified atom stereocenters. The Morgan fingerprint density at radius 2 is 2.17 bits per heavy atom. The van der Waals surface area contributed by atoms with E-state index in [1.807, 2.05) is 6.07 Å². The Morgan fingerprint density at radius 1 is 1.33 bits per heavy atom. The molecule has 0 aliphatic carbocycles. The maximum Gasteiger partial charge on any atom is 0.0952 e. The molecule has 0 saturated heterocycles. The van der Waals surface area contributed by atoms with Crippen LogP contribution in [-0.2, 0) is 13.0 Å². The third-order valence-corrected chi connectivity index (χ3v) is 3.37. The molecule has 0 aliphatic rings. The van der Waals surface area contributed by atoms with Crippen molar-refractivity contribution in [3.05, 3.63) is 52.4 Å². The largest absolute Gasteiger partial charge is 0.472 e. The average Bonchev–Trinajstić information content (AvgIpc) is 2.84. The molecule has 96 valence electrons.